The average molecular weight is 212 g/mol. The van der Waals surface area contributed by atoms with E-state index in [0.29, 0.717) is 5.69 Å². The molecular weight excluding hydrogens is 198 g/mol. The van der Waals surface area contributed by atoms with Gasteiger partial charge in [0, 0.05) is 17.0 Å². The highest BCUT2D eigenvalue weighted by Crippen LogP contribution is 2.16. The van der Waals surface area contributed by atoms with Crippen molar-refractivity contribution >= 4 is 17.0 Å². The first-order chi connectivity index (χ1) is 6.65. The van der Waals surface area contributed by atoms with Crippen molar-refractivity contribution in [3.8, 4) is 0 Å². The first-order valence-electron chi connectivity index (χ1n) is 4.64. The van der Waals surface area contributed by atoms with Crippen LogP contribution in [0.25, 0.3) is 0 Å². The van der Waals surface area contributed by atoms with E-state index in [4.69, 9.17) is 0 Å². The Bertz CT molecular complexity index is 317. The Hall–Kier alpha value is -0.870. The zero-order chi connectivity index (χ0) is 10.6. The van der Waals surface area contributed by atoms with Gasteiger partial charge in [-0.2, -0.15) is 0 Å². The molecule has 14 heavy (non-hydrogen) atoms. The van der Waals surface area contributed by atoms with E-state index >= 15 is 0 Å². The second-order valence-corrected chi connectivity index (χ2v) is 3.76. The lowest BCUT2D eigenvalue weighted by molar-refractivity contribution is 0.542. The standard InChI is InChI=1S/C10H15NO2S/c1-3-8-5-9(4-2)7-10(6-8)11-14(12)13/h5-7,11H,3-4H2,1-2H3,(H,12,13)/p-1. The minimum absolute atomic E-state index is 0.648. The number of hydrogen-bond donors (Lipinski definition) is 1. The maximum absolute atomic E-state index is 10.5. The molecule has 1 aromatic carbocycles. The van der Waals surface area contributed by atoms with E-state index in [1.165, 1.54) is 0 Å². The number of aryl methyl sites for hydroxylation is 2. The van der Waals surface area contributed by atoms with E-state index in [1.54, 1.807) is 0 Å². The molecule has 0 radical (unpaired) electrons. The van der Waals surface area contributed by atoms with Gasteiger partial charge < -0.3 is 9.27 Å². The summed E-state index contributed by atoms with van der Waals surface area (Å²) in [6.07, 6.45) is 1.82. The highest BCUT2D eigenvalue weighted by atomic mass is 32.2. The fraction of sp³-hybridized carbons (Fsp3) is 0.400. The molecule has 0 saturated carbocycles. The number of hydrogen-bond acceptors (Lipinski definition) is 2. The highest BCUT2D eigenvalue weighted by Gasteiger charge is 1.98. The molecule has 0 bridgehead atoms. The molecule has 0 fully saturated rings. The van der Waals surface area contributed by atoms with E-state index in [9.17, 15) is 8.76 Å². The Morgan fingerprint density at radius 2 is 1.71 bits per heavy atom. The first-order valence-corrected chi connectivity index (χ1v) is 5.72. The number of nitrogens with one attached hydrogen (secondary N) is 1. The van der Waals surface area contributed by atoms with E-state index in [2.05, 4.69) is 10.8 Å². The van der Waals surface area contributed by atoms with Crippen LogP contribution in [0, 0.1) is 0 Å². The first kappa shape index (κ1) is 11.2. The van der Waals surface area contributed by atoms with Gasteiger partial charge in [0.1, 0.15) is 0 Å². The van der Waals surface area contributed by atoms with Crippen molar-refractivity contribution in [2.45, 2.75) is 26.7 Å². The Labute approximate surface area is 87.0 Å². The second-order valence-electron chi connectivity index (χ2n) is 3.08. The lowest BCUT2D eigenvalue weighted by atomic mass is 10.1. The lowest BCUT2D eigenvalue weighted by Crippen LogP contribution is -2.03. The predicted molar refractivity (Wildman–Crippen MR) is 57.7 cm³/mol. The zero-order valence-electron chi connectivity index (χ0n) is 8.37. The van der Waals surface area contributed by atoms with Crippen LogP contribution in [0.1, 0.15) is 25.0 Å². The Morgan fingerprint density at radius 1 is 1.21 bits per heavy atom. The van der Waals surface area contributed by atoms with Gasteiger partial charge in [0.05, 0.1) is 0 Å². The fourth-order valence-electron chi connectivity index (χ4n) is 1.33. The smallest absolute Gasteiger partial charge is 0.0457 e. The maximum Gasteiger partial charge on any atom is 0.0457 e. The van der Waals surface area contributed by atoms with Gasteiger partial charge in [-0.05, 0) is 36.1 Å². The molecule has 0 aliphatic carbocycles. The summed E-state index contributed by atoms with van der Waals surface area (Å²) in [5.74, 6) is 0. The number of benzene rings is 1. The summed E-state index contributed by atoms with van der Waals surface area (Å²) in [4.78, 5) is 0. The SMILES string of the molecule is CCc1cc(CC)cc(NS(=O)[O-])c1. The van der Waals surface area contributed by atoms with Crippen LogP contribution in [0.5, 0.6) is 0 Å². The number of anilines is 1. The largest absolute Gasteiger partial charge is 0.755 e. The van der Waals surface area contributed by atoms with Crippen molar-refractivity contribution in [3.05, 3.63) is 29.3 Å². The fourth-order valence-corrected chi connectivity index (χ4v) is 1.64. The van der Waals surface area contributed by atoms with Gasteiger partial charge in [-0.3, -0.25) is 4.21 Å². The van der Waals surface area contributed by atoms with Crippen LogP contribution in [0.3, 0.4) is 0 Å². The summed E-state index contributed by atoms with van der Waals surface area (Å²) >= 11 is -2.24. The molecule has 0 heterocycles. The van der Waals surface area contributed by atoms with Crippen molar-refractivity contribution < 1.29 is 8.76 Å². The molecule has 1 atom stereocenters. The molecule has 0 saturated heterocycles. The molecule has 0 aliphatic heterocycles. The highest BCUT2D eigenvalue weighted by molar-refractivity contribution is 7.80. The van der Waals surface area contributed by atoms with Gasteiger partial charge in [0.2, 0.25) is 0 Å². The number of rotatable bonds is 4. The minimum Gasteiger partial charge on any atom is -0.755 e. The van der Waals surface area contributed by atoms with E-state index in [0.717, 1.165) is 24.0 Å². The molecule has 0 aromatic heterocycles. The van der Waals surface area contributed by atoms with Gasteiger partial charge in [0.15, 0.2) is 0 Å². The predicted octanol–water partition coefficient (Wildman–Crippen LogP) is 2.02. The third kappa shape index (κ3) is 3.12. The average Bonchev–Trinajstić information content (AvgIpc) is 2.16. The van der Waals surface area contributed by atoms with E-state index in [1.807, 2.05) is 26.0 Å². The molecule has 0 aliphatic rings. The summed E-state index contributed by atoms with van der Waals surface area (Å²) in [5, 5.41) is 0. The zero-order valence-corrected chi connectivity index (χ0v) is 9.19. The molecule has 1 N–H and O–H groups in total. The van der Waals surface area contributed by atoms with Gasteiger partial charge in [-0.15, -0.1) is 0 Å². The van der Waals surface area contributed by atoms with Crippen LogP contribution < -0.4 is 4.72 Å². The molecule has 1 aromatic rings. The third-order valence-electron chi connectivity index (χ3n) is 2.07. The van der Waals surface area contributed by atoms with Crippen molar-refractivity contribution in [2.24, 2.45) is 0 Å². The van der Waals surface area contributed by atoms with Gasteiger partial charge in [-0.25, -0.2) is 0 Å². The molecule has 0 spiro atoms. The monoisotopic (exact) mass is 212 g/mol. The Balaban J connectivity index is 2.98. The van der Waals surface area contributed by atoms with Crippen LogP contribution in [0.15, 0.2) is 18.2 Å². The second kappa shape index (κ2) is 5.12. The quantitative estimate of drug-likeness (QED) is 0.776. The third-order valence-corrected chi connectivity index (χ3v) is 2.47. The van der Waals surface area contributed by atoms with Crippen molar-refractivity contribution in [3.63, 3.8) is 0 Å². The molecule has 78 valence electrons. The van der Waals surface area contributed by atoms with Crippen LogP contribution in [-0.4, -0.2) is 8.76 Å². The van der Waals surface area contributed by atoms with Gasteiger partial charge in [0.25, 0.3) is 0 Å². The summed E-state index contributed by atoms with van der Waals surface area (Å²) in [6.45, 7) is 4.10. The molecule has 1 unspecified atom stereocenters. The van der Waals surface area contributed by atoms with Gasteiger partial charge >= 0.3 is 0 Å². The molecule has 1 rings (SSSR count). The summed E-state index contributed by atoms with van der Waals surface area (Å²) in [7, 11) is 0. The Morgan fingerprint density at radius 3 is 2.07 bits per heavy atom. The summed E-state index contributed by atoms with van der Waals surface area (Å²) < 4.78 is 23.3. The molecular formula is C10H14NO2S-. The van der Waals surface area contributed by atoms with Crippen LogP contribution in [0.2, 0.25) is 0 Å². The molecule has 0 amide bonds. The van der Waals surface area contributed by atoms with Gasteiger partial charge in [-0.1, -0.05) is 19.9 Å². The van der Waals surface area contributed by atoms with Crippen molar-refractivity contribution in [1.29, 1.82) is 0 Å². The van der Waals surface area contributed by atoms with Crippen molar-refractivity contribution in [1.82, 2.24) is 0 Å². The summed E-state index contributed by atoms with van der Waals surface area (Å²) in [6, 6.07) is 5.81. The lowest BCUT2D eigenvalue weighted by Gasteiger charge is -2.11. The molecule has 4 heteroatoms. The Kier molecular flexibility index (Phi) is 4.10. The topological polar surface area (TPSA) is 52.2 Å². The van der Waals surface area contributed by atoms with Crippen molar-refractivity contribution in [2.75, 3.05) is 4.72 Å². The minimum atomic E-state index is -2.24. The van der Waals surface area contributed by atoms with Crippen LogP contribution in [-0.2, 0) is 24.1 Å². The van der Waals surface area contributed by atoms with E-state index < -0.39 is 11.3 Å². The summed E-state index contributed by atoms with van der Waals surface area (Å²) in [5.41, 5.74) is 2.95. The molecule has 3 nitrogen and oxygen atoms in total. The van der Waals surface area contributed by atoms with E-state index in [-0.39, 0.29) is 0 Å². The van der Waals surface area contributed by atoms with Crippen LogP contribution >= 0.6 is 0 Å². The maximum atomic E-state index is 10.5. The van der Waals surface area contributed by atoms with Crippen LogP contribution in [0.4, 0.5) is 5.69 Å². The normalized spacial score (nSPS) is 12.5.